The van der Waals surface area contributed by atoms with Crippen LogP contribution in [-0.2, 0) is 21.2 Å². The summed E-state index contributed by atoms with van der Waals surface area (Å²) < 4.78 is 34.4. The van der Waals surface area contributed by atoms with Gasteiger partial charge in [-0.3, -0.25) is 4.79 Å². The number of methoxy groups -OCH3 is 1. The van der Waals surface area contributed by atoms with Crippen molar-refractivity contribution in [1.29, 1.82) is 0 Å². The van der Waals surface area contributed by atoms with Crippen LogP contribution in [0.5, 0.6) is 5.75 Å². The van der Waals surface area contributed by atoms with Crippen molar-refractivity contribution in [3.63, 3.8) is 0 Å². The van der Waals surface area contributed by atoms with Crippen LogP contribution in [0.2, 0.25) is 5.02 Å². The lowest BCUT2D eigenvalue weighted by atomic mass is 9.97. The zero-order valence-corrected chi connectivity index (χ0v) is 20.5. The van der Waals surface area contributed by atoms with E-state index in [-0.39, 0.29) is 29.1 Å². The van der Waals surface area contributed by atoms with Gasteiger partial charge >= 0.3 is 0 Å². The van der Waals surface area contributed by atoms with Gasteiger partial charge in [0, 0.05) is 34.3 Å². The quantitative estimate of drug-likeness (QED) is 0.588. The van der Waals surface area contributed by atoms with Crippen molar-refractivity contribution in [2.45, 2.75) is 37.1 Å². The van der Waals surface area contributed by atoms with Crippen molar-refractivity contribution >= 4 is 49.1 Å². The molecule has 2 aliphatic heterocycles. The van der Waals surface area contributed by atoms with Crippen LogP contribution in [0.25, 0.3) is 0 Å². The fourth-order valence-corrected chi connectivity index (χ4v) is 6.84. The van der Waals surface area contributed by atoms with Crippen molar-refractivity contribution in [2.24, 2.45) is 5.92 Å². The number of halogens is 2. The van der Waals surface area contributed by atoms with Gasteiger partial charge in [-0.1, -0.05) is 27.5 Å². The monoisotopic (exact) mass is 526 g/mol. The highest BCUT2D eigenvalue weighted by Gasteiger charge is 2.39. The molecule has 0 unspecified atom stereocenters. The van der Waals surface area contributed by atoms with Gasteiger partial charge in [0.15, 0.2) is 0 Å². The second-order valence-corrected chi connectivity index (χ2v) is 11.3. The van der Waals surface area contributed by atoms with Gasteiger partial charge in [-0.05, 0) is 68.1 Å². The normalized spacial score (nSPS) is 21.7. The first kappa shape index (κ1) is 22.6. The maximum Gasteiger partial charge on any atom is 0.246 e. The summed E-state index contributed by atoms with van der Waals surface area (Å²) in [6.07, 6.45) is 2.06. The maximum absolute atomic E-state index is 13.5. The molecular formula is C22H24BrClN2O4S. The van der Waals surface area contributed by atoms with Gasteiger partial charge in [-0.25, -0.2) is 8.42 Å². The van der Waals surface area contributed by atoms with Crippen LogP contribution in [0.15, 0.2) is 45.8 Å². The number of carbonyl (C=O) groups is 1. The molecule has 4 rings (SSSR count). The predicted molar refractivity (Wildman–Crippen MR) is 124 cm³/mol. The second-order valence-electron chi connectivity index (χ2n) is 8.03. The predicted octanol–water partition coefficient (Wildman–Crippen LogP) is 4.49. The van der Waals surface area contributed by atoms with E-state index in [1.165, 1.54) is 17.5 Å². The molecule has 0 aliphatic carbocycles. The van der Waals surface area contributed by atoms with Gasteiger partial charge in [0.1, 0.15) is 10.6 Å². The van der Waals surface area contributed by atoms with E-state index in [9.17, 15) is 13.2 Å². The number of ether oxygens (including phenoxy) is 1. The number of sulfonamides is 1. The van der Waals surface area contributed by atoms with E-state index < -0.39 is 15.9 Å². The van der Waals surface area contributed by atoms with Crippen LogP contribution in [0.3, 0.4) is 0 Å². The number of hydrogen-bond acceptors (Lipinski definition) is 4. The van der Waals surface area contributed by atoms with Crippen molar-refractivity contribution < 1.29 is 17.9 Å². The summed E-state index contributed by atoms with van der Waals surface area (Å²) in [5, 5.41) is 0.317. The zero-order valence-electron chi connectivity index (χ0n) is 17.3. The zero-order chi connectivity index (χ0) is 22.3. The van der Waals surface area contributed by atoms with Crippen LogP contribution in [0, 0.1) is 5.92 Å². The molecule has 0 radical (unpaired) electrons. The Morgan fingerprint density at radius 1 is 1.23 bits per heavy atom. The molecule has 2 aromatic carbocycles. The highest BCUT2D eigenvalue weighted by atomic mass is 79.9. The molecule has 0 aromatic heterocycles. The van der Waals surface area contributed by atoms with Crippen LogP contribution in [0.4, 0.5) is 5.69 Å². The average molecular weight is 528 g/mol. The molecule has 1 amide bonds. The number of anilines is 1. The number of carbonyl (C=O) groups excluding carboxylic acids is 1. The fraction of sp³-hybridized carbons (Fsp3) is 0.409. The minimum Gasteiger partial charge on any atom is -0.495 e. The Kier molecular flexibility index (Phi) is 6.36. The maximum atomic E-state index is 13.5. The Bertz CT molecular complexity index is 1120. The number of nitrogens with zero attached hydrogens (tertiary/aromatic N) is 2. The molecule has 1 fully saturated rings. The Balaban J connectivity index is 1.60. The van der Waals surface area contributed by atoms with E-state index >= 15 is 0 Å². The first-order valence-electron chi connectivity index (χ1n) is 10.2. The largest absolute Gasteiger partial charge is 0.495 e. The first-order chi connectivity index (χ1) is 14.7. The Labute approximate surface area is 196 Å². The summed E-state index contributed by atoms with van der Waals surface area (Å²) in [5.41, 5.74) is 2.04. The summed E-state index contributed by atoms with van der Waals surface area (Å²) >= 11 is 9.55. The molecule has 2 aliphatic rings. The lowest BCUT2D eigenvalue weighted by Crippen LogP contribution is -2.48. The molecule has 166 valence electrons. The van der Waals surface area contributed by atoms with Gasteiger partial charge in [0.2, 0.25) is 15.9 Å². The van der Waals surface area contributed by atoms with Gasteiger partial charge in [-0.2, -0.15) is 4.31 Å². The standard InChI is InChI=1S/C22H24BrClN2O4S/c1-14-10-16-11-17(23)5-7-19(16)26(14)22(27)15-4-3-9-25(13-15)31(28,29)21-12-18(24)6-8-20(21)30-2/h5-8,11-12,14-15H,3-4,9-10,13H2,1-2H3/t14-,15+/m0/s1. The number of fused-ring (bicyclic) bond motifs is 1. The number of amides is 1. The van der Waals surface area contributed by atoms with Crippen LogP contribution >= 0.6 is 27.5 Å². The van der Waals surface area contributed by atoms with Crippen molar-refractivity contribution in [2.75, 3.05) is 25.1 Å². The summed E-state index contributed by atoms with van der Waals surface area (Å²) in [6.45, 7) is 2.53. The lowest BCUT2D eigenvalue weighted by molar-refractivity contribution is -0.123. The van der Waals surface area contributed by atoms with E-state index in [0.717, 1.165) is 22.1 Å². The Morgan fingerprint density at radius 2 is 2.00 bits per heavy atom. The average Bonchev–Trinajstić information content (AvgIpc) is 3.07. The van der Waals surface area contributed by atoms with E-state index in [1.54, 1.807) is 12.1 Å². The summed E-state index contributed by atoms with van der Waals surface area (Å²) in [6, 6.07) is 10.5. The van der Waals surface area contributed by atoms with Crippen molar-refractivity contribution in [1.82, 2.24) is 4.31 Å². The van der Waals surface area contributed by atoms with Gasteiger partial charge in [-0.15, -0.1) is 0 Å². The Morgan fingerprint density at radius 3 is 2.74 bits per heavy atom. The molecular weight excluding hydrogens is 504 g/mol. The molecule has 0 N–H and O–H groups in total. The van der Waals surface area contributed by atoms with Crippen molar-refractivity contribution in [3.05, 3.63) is 51.5 Å². The van der Waals surface area contributed by atoms with Gasteiger partial charge in [0.05, 0.1) is 13.0 Å². The second kappa shape index (κ2) is 8.73. The third kappa shape index (κ3) is 4.23. The van der Waals surface area contributed by atoms with Crippen LogP contribution in [0.1, 0.15) is 25.3 Å². The molecule has 9 heteroatoms. The molecule has 2 heterocycles. The number of rotatable bonds is 4. The van der Waals surface area contributed by atoms with E-state index in [4.69, 9.17) is 16.3 Å². The Hall–Kier alpha value is -1.61. The van der Waals surface area contributed by atoms with E-state index in [2.05, 4.69) is 15.9 Å². The fourth-order valence-electron chi connectivity index (χ4n) is 4.49. The molecule has 2 atom stereocenters. The molecule has 1 saturated heterocycles. The number of hydrogen-bond donors (Lipinski definition) is 0. The molecule has 0 saturated carbocycles. The minimum atomic E-state index is -3.85. The SMILES string of the molecule is COc1ccc(Cl)cc1S(=O)(=O)N1CCC[C@@H](C(=O)N2c3ccc(Br)cc3C[C@@H]2C)C1. The van der Waals surface area contributed by atoms with Crippen LogP contribution in [-0.4, -0.2) is 44.9 Å². The molecule has 31 heavy (non-hydrogen) atoms. The van der Waals surface area contributed by atoms with Gasteiger partial charge in [0.25, 0.3) is 0 Å². The molecule has 0 spiro atoms. The topological polar surface area (TPSA) is 66.9 Å². The number of piperidine rings is 1. The smallest absolute Gasteiger partial charge is 0.246 e. The van der Waals surface area contributed by atoms with E-state index in [0.29, 0.717) is 24.4 Å². The summed E-state index contributed by atoms with van der Waals surface area (Å²) in [5.74, 6) is -0.178. The van der Waals surface area contributed by atoms with Gasteiger partial charge < -0.3 is 9.64 Å². The lowest BCUT2D eigenvalue weighted by Gasteiger charge is -2.34. The highest BCUT2D eigenvalue weighted by Crippen LogP contribution is 2.37. The van der Waals surface area contributed by atoms with Crippen LogP contribution < -0.4 is 9.64 Å². The summed E-state index contributed by atoms with van der Waals surface area (Å²) in [7, 11) is -2.42. The van der Waals surface area contributed by atoms with E-state index in [1.807, 2.05) is 30.0 Å². The highest BCUT2D eigenvalue weighted by molar-refractivity contribution is 9.10. The van der Waals surface area contributed by atoms with Crippen molar-refractivity contribution in [3.8, 4) is 5.75 Å². The summed E-state index contributed by atoms with van der Waals surface area (Å²) in [4.78, 5) is 15.4. The molecule has 2 aromatic rings. The molecule has 6 nitrogen and oxygen atoms in total. The first-order valence-corrected chi connectivity index (χ1v) is 12.8. The number of benzene rings is 2. The third-order valence-electron chi connectivity index (χ3n) is 5.97. The third-order valence-corrected chi connectivity index (χ3v) is 8.59. The minimum absolute atomic E-state index is 0.0217. The molecule has 0 bridgehead atoms.